The van der Waals surface area contributed by atoms with Crippen molar-refractivity contribution in [3.63, 3.8) is 0 Å². The normalized spacial score (nSPS) is 20.3. The van der Waals surface area contributed by atoms with Crippen LogP contribution in [0.1, 0.15) is 30.5 Å². The average Bonchev–Trinajstić information content (AvgIpc) is 3.36. The number of nitrogens with zero attached hydrogens (tertiary/aromatic N) is 4. The molecular formula is C16H20N4O3S. The van der Waals surface area contributed by atoms with E-state index in [1.165, 1.54) is 0 Å². The third kappa shape index (κ3) is 3.22. The Morgan fingerprint density at radius 1 is 1.08 bits per heavy atom. The van der Waals surface area contributed by atoms with Crippen LogP contribution in [-0.4, -0.2) is 53.9 Å². The summed E-state index contributed by atoms with van der Waals surface area (Å²) in [6, 6.07) is 8.59. The molecule has 128 valence electrons. The van der Waals surface area contributed by atoms with Gasteiger partial charge in [0.15, 0.2) is 5.82 Å². The molecule has 0 unspecified atom stereocenters. The highest BCUT2D eigenvalue weighted by Gasteiger charge is 2.31. The van der Waals surface area contributed by atoms with Gasteiger partial charge in [0.05, 0.1) is 11.4 Å². The molecule has 7 nitrogen and oxygen atoms in total. The summed E-state index contributed by atoms with van der Waals surface area (Å²) in [5.41, 5.74) is 0. The Labute approximate surface area is 141 Å². The third-order valence-corrected chi connectivity index (χ3v) is 6.41. The molecule has 4 rings (SSSR count). The van der Waals surface area contributed by atoms with Gasteiger partial charge in [0.2, 0.25) is 15.9 Å². The molecule has 1 aliphatic heterocycles. The maximum atomic E-state index is 12.6. The number of rotatable bonds is 5. The highest BCUT2D eigenvalue weighted by atomic mass is 32.2. The van der Waals surface area contributed by atoms with Crippen LogP contribution in [0.15, 0.2) is 39.8 Å². The van der Waals surface area contributed by atoms with Gasteiger partial charge in [0, 0.05) is 32.1 Å². The summed E-state index contributed by atoms with van der Waals surface area (Å²) in [7, 11) is -3.40. The first-order valence-corrected chi connectivity index (χ1v) is 9.67. The molecule has 2 aromatic rings. The van der Waals surface area contributed by atoms with Crippen molar-refractivity contribution in [1.29, 1.82) is 0 Å². The van der Waals surface area contributed by atoms with Crippen LogP contribution in [0.5, 0.6) is 0 Å². The van der Waals surface area contributed by atoms with E-state index in [2.05, 4.69) is 15.0 Å². The Morgan fingerprint density at radius 3 is 2.46 bits per heavy atom. The van der Waals surface area contributed by atoms with E-state index >= 15 is 0 Å². The zero-order valence-electron chi connectivity index (χ0n) is 13.3. The molecule has 8 heteroatoms. The van der Waals surface area contributed by atoms with Gasteiger partial charge in [-0.2, -0.15) is 9.29 Å². The van der Waals surface area contributed by atoms with Crippen LogP contribution >= 0.6 is 0 Å². The maximum absolute atomic E-state index is 12.6. The largest absolute Gasteiger partial charge is 0.338 e. The first-order chi connectivity index (χ1) is 11.6. The van der Waals surface area contributed by atoms with Crippen molar-refractivity contribution in [2.75, 3.05) is 26.2 Å². The summed E-state index contributed by atoms with van der Waals surface area (Å²) in [5.74, 6) is 1.92. The quantitative estimate of drug-likeness (QED) is 0.814. The molecule has 0 radical (unpaired) electrons. The standard InChI is InChI=1S/C16H20N4O3S/c21-24(22,14-4-2-1-3-5-14)20-10-8-19(9-11-20)12-15-17-16(18-23-15)13-6-7-13/h1-5,13H,6-12H2. The van der Waals surface area contributed by atoms with E-state index in [0.29, 0.717) is 49.4 Å². The molecule has 1 saturated carbocycles. The molecule has 24 heavy (non-hydrogen) atoms. The van der Waals surface area contributed by atoms with E-state index < -0.39 is 10.0 Å². The van der Waals surface area contributed by atoms with Crippen LogP contribution in [0.2, 0.25) is 0 Å². The van der Waals surface area contributed by atoms with Crippen LogP contribution in [0.3, 0.4) is 0 Å². The predicted octanol–water partition coefficient (Wildman–Crippen LogP) is 1.45. The molecule has 1 aromatic heterocycles. The second-order valence-corrected chi connectivity index (χ2v) is 8.25. The van der Waals surface area contributed by atoms with E-state index in [-0.39, 0.29) is 0 Å². The second-order valence-electron chi connectivity index (χ2n) is 6.31. The molecule has 0 bridgehead atoms. The van der Waals surface area contributed by atoms with E-state index in [9.17, 15) is 8.42 Å². The molecule has 0 N–H and O–H groups in total. The maximum Gasteiger partial charge on any atom is 0.243 e. The van der Waals surface area contributed by atoms with E-state index in [1.807, 2.05) is 6.07 Å². The van der Waals surface area contributed by atoms with Crippen molar-refractivity contribution in [2.24, 2.45) is 0 Å². The van der Waals surface area contributed by atoms with Gasteiger partial charge in [-0.1, -0.05) is 23.4 Å². The van der Waals surface area contributed by atoms with Crippen LogP contribution in [0, 0.1) is 0 Å². The fourth-order valence-corrected chi connectivity index (χ4v) is 4.34. The SMILES string of the molecule is O=S(=O)(c1ccccc1)N1CCN(Cc2nc(C3CC3)no2)CC1. The summed E-state index contributed by atoms with van der Waals surface area (Å²) in [6.07, 6.45) is 2.30. The lowest BCUT2D eigenvalue weighted by atomic mass is 10.3. The summed E-state index contributed by atoms with van der Waals surface area (Å²) >= 11 is 0. The van der Waals surface area contributed by atoms with Gasteiger partial charge >= 0.3 is 0 Å². The lowest BCUT2D eigenvalue weighted by Gasteiger charge is -2.33. The molecule has 0 atom stereocenters. The Balaban J connectivity index is 1.36. The topological polar surface area (TPSA) is 79.5 Å². The number of hydrogen-bond acceptors (Lipinski definition) is 6. The van der Waals surface area contributed by atoms with Crippen molar-refractivity contribution in [3.8, 4) is 0 Å². The molecule has 0 spiro atoms. The minimum absolute atomic E-state index is 0.351. The zero-order valence-corrected chi connectivity index (χ0v) is 14.2. The smallest absolute Gasteiger partial charge is 0.243 e. The Bertz CT molecular complexity index is 794. The fourth-order valence-electron chi connectivity index (χ4n) is 2.90. The Morgan fingerprint density at radius 2 is 1.79 bits per heavy atom. The highest BCUT2D eigenvalue weighted by Crippen LogP contribution is 2.38. The minimum Gasteiger partial charge on any atom is -0.338 e. The van der Waals surface area contributed by atoms with Crippen LogP contribution in [0.4, 0.5) is 0 Å². The van der Waals surface area contributed by atoms with Crippen molar-refractivity contribution in [1.82, 2.24) is 19.3 Å². The highest BCUT2D eigenvalue weighted by molar-refractivity contribution is 7.89. The first kappa shape index (κ1) is 15.7. The Kier molecular flexibility index (Phi) is 4.11. The van der Waals surface area contributed by atoms with Gasteiger partial charge in [0.1, 0.15) is 0 Å². The molecule has 1 aromatic carbocycles. The first-order valence-electron chi connectivity index (χ1n) is 8.23. The molecule has 2 fully saturated rings. The molecule has 0 amide bonds. The van der Waals surface area contributed by atoms with Crippen molar-refractivity contribution in [3.05, 3.63) is 42.0 Å². The molecule has 1 saturated heterocycles. The molecule has 2 heterocycles. The van der Waals surface area contributed by atoms with E-state index in [1.54, 1.807) is 28.6 Å². The lowest BCUT2D eigenvalue weighted by Crippen LogP contribution is -2.48. The van der Waals surface area contributed by atoms with Crippen molar-refractivity contribution < 1.29 is 12.9 Å². The van der Waals surface area contributed by atoms with Gasteiger partial charge < -0.3 is 4.52 Å². The number of aromatic nitrogens is 2. The monoisotopic (exact) mass is 348 g/mol. The van der Waals surface area contributed by atoms with E-state index in [0.717, 1.165) is 18.7 Å². The Hall–Kier alpha value is -1.77. The van der Waals surface area contributed by atoms with Crippen molar-refractivity contribution >= 4 is 10.0 Å². The molecular weight excluding hydrogens is 328 g/mol. The molecule has 2 aliphatic rings. The number of sulfonamides is 1. The predicted molar refractivity (Wildman–Crippen MR) is 86.8 cm³/mol. The summed E-state index contributed by atoms with van der Waals surface area (Å²) in [5, 5.41) is 4.02. The number of hydrogen-bond donors (Lipinski definition) is 0. The van der Waals surface area contributed by atoms with Gasteiger partial charge in [-0.25, -0.2) is 8.42 Å². The minimum atomic E-state index is -3.40. The average molecular weight is 348 g/mol. The number of benzene rings is 1. The van der Waals surface area contributed by atoms with Gasteiger partial charge in [-0.05, 0) is 25.0 Å². The summed E-state index contributed by atoms with van der Waals surface area (Å²) < 4.78 is 32.0. The van der Waals surface area contributed by atoms with Gasteiger partial charge in [-0.15, -0.1) is 0 Å². The fraction of sp³-hybridized carbons (Fsp3) is 0.500. The van der Waals surface area contributed by atoms with Crippen LogP contribution in [0.25, 0.3) is 0 Å². The zero-order chi connectivity index (χ0) is 16.6. The van der Waals surface area contributed by atoms with E-state index in [4.69, 9.17) is 4.52 Å². The lowest BCUT2D eigenvalue weighted by molar-refractivity contribution is 0.163. The number of piperazine rings is 1. The summed E-state index contributed by atoms with van der Waals surface area (Å²) in [6.45, 7) is 2.85. The van der Waals surface area contributed by atoms with Crippen LogP contribution in [-0.2, 0) is 16.6 Å². The second kappa shape index (κ2) is 6.27. The summed E-state index contributed by atoms with van der Waals surface area (Å²) in [4.78, 5) is 6.94. The molecule has 1 aliphatic carbocycles. The van der Waals surface area contributed by atoms with Crippen molar-refractivity contribution in [2.45, 2.75) is 30.2 Å². The third-order valence-electron chi connectivity index (χ3n) is 4.50. The van der Waals surface area contributed by atoms with Crippen LogP contribution < -0.4 is 0 Å². The van der Waals surface area contributed by atoms with Gasteiger partial charge in [0.25, 0.3) is 0 Å². The van der Waals surface area contributed by atoms with Gasteiger partial charge in [-0.3, -0.25) is 4.90 Å².